The summed E-state index contributed by atoms with van der Waals surface area (Å²) in [5.74, 6) is 0.440. The maximum absolute atomic E-state index is 12.2. The minimum Gasteiger partial charge on any atom is -0.491 e. The van der Waals surface area contributed by atoms with Gasteiger partial charge in [0, 0.05) is 12.2 Å². The molecule has 0 radical (unpaired) electrons. The van der Waals surface area contributed by atoms with Gasteiger partial charge in [0.15, 0.2) is 0 Å². The second kappa shape index (κ2) is 6.85. The van der Waals surface area contributed by atoms with E-state index in [-0.39, 0.29) is 12.0 Å². The maximum atomic E-state index is 12.2. The number of carbonyl (C=O) groups excluding carboxylic acids is 1. The first kappa shape index (κ1) is 14.9. The predicted octanol–water partition coefficient (Wildman–Crippen LogP) is 2.66. The average molecular weight is 319 g/mol. The highest BCUT2D eigenvalue weighted by molar-refractivity contribution is 7.15. The molecule has 2 heterocycles. The third-order valence-electron chi connectivity index (χ3n) is 3.30. The molecule has 1 aliphatic rings. The zero-order valence-electron chi connectivity index (χ0n) is 12.2. The Morgan fingerprint density at radius 2 is 2.41 bits per heavy atom. The largest absolute Gasteiger partial charge is 0.491 e. The molecule has 1 atom stereocenters. The molecule has 116 valence electrons. The summed E-state index contributed by atoms with van der Waals surface area (Å²) in [6, 6.07) is 7.09. The van der Waals surface area contributed by atoms with Crippen LogP contribution in [0.15, 0.2) is 24.3 Å². The molecule has 0 bridgehead atoms. The summed E-state index contributed by atoms with van der Waals surface area (Å²) >= 11 is 1.34. The van der Waals surface area contributed by atoms with Crippen molar-refractivity contribution < 1.29 is 14.3 Å². The van der Waals surface area contributed by atoms with Gasteiger partial charge in [-0.1, -0.05) is 17.4 Å². The number of rotatable bonds is 5. The molecular weight excluding hydrogens is 302 g/mol. The van der Waals surface area contributed by atoms with Crippen LogP contribution >= 0.6 is 11.3 Å². The normalized spacial score (nSPS) is 17.4. The van der Waals surface area contributed by atoms with E-state index in [2.05, 4.69) is 15.5 Å². The van der Waals surface area contributed by atoms with Crippen LogP contribution in [-0.2, 0) is 4.74 Å². The SMILES string of the molecule is Cc1nnc(NC(=O)c2cccc(OCC3CCCO3)c2)s1. The first-order chi connectivity index (χ1) is 10.7. The second-order valence-corrected chi connectivity index (χ2v) is 6.24. The van der Waals surface area contributed by atoms with Gasteiger partial charge in [0.2, 0.25) is 5.13 Å². The fraction of sp³-hybridized carbons (Fsp3) is 0.400. The molecule has 2 aromatic rings. The molecule has 1 saturated heterocycles. The summed E-state index contributed by atoms with van der Waals surface area (Å²) in [6.45, 7) is 3.16. The Morgan fingerprint density at radius 3 is 3.14 bits per heavy atom. The van der Waals surface area contributed by atoms with Crippen molar-refractivity contribution in [2.75, 3.05) is 18.5 Å². The van der Waals surface area contributed by atoms with E-state index >= 15 is 0 Å². The highest BCUT2D eigenvalue weighted by atomic mass is 32.1. The Morgan fingerprint density at radius 1 is 1.50 bits per heavy atom. The molecule has 0 saturated carbocycles. The van der Waals surface area contributed by atoms with E-state index in [1.807, 2.05) is 13.0 Å². The van der Waals surface area contributed by atoms with Crippen molar-refractivity contribution in [3.63, 3.8) is 0 Å². The Bertz CT molecular complexity index is 653. The van der Waals surface area contributed by atoms with E-state index in [4.69, 9.17) is 9.47 Å². The molecule has 3 rings (SSSR count). The van der Waals surface area contributed by atoms with Crippen molar-refractivity contribution in [1.82, 2.24) is 10.2 Å². The zero-order valence-corrected chi connectivity index (χ0v) is 13.1. The third kappa shape index (κ3) is 3.80. The van der Waals surface area contributed by atoms with Gasteiger partial charge in [-0.05, 0) is 38.0 Å². The van der Waals surface area contributed by atoms with Crippen LogP contribution in [-0.4, -0.2) is 35.4 Å². The third-order valence-corrected chi connectivity index (χ3v) is 4.06. The van der Waals surface area contributed by atoms with E-state index < -0.39 is 0 Å². The number of carbonyl (C=O) groups is 1. The van der Waals surface area contributed by atoms with Crippen LogP contribution < -0.4 is 10.1 Å². The quantitative estimate of drug-likeness (QED) is 0.917. The molecule has 1 unspecified atom stereocenters. The highest BCUT2D eigenvalue weighted by Crippen LogP contribution is 2.19. The topological polar surface area (TPSA) is 73.3 Å². The molecule has 1 aromatic heterocycles. The second-order valence-electron chi connectivity index (χ2n) is 5.05. The van der Waals surface area contributed by atoms with Crippen LogP contribution in [0.3, 0.4) is 0 Å². The predicted molar refractivity (Wildman–Crippen MR) is 83.5 cm³/mol. The van der Waals surface area contributed by atoms with E-state index in [1.54, 1.807) is 18.2 Å². The summed E-state index contributed by atoms with van der Waals surface area (Å²) < 4.78 is 11.2. The molecule has 0 aliphatic carbocycles. The van der Waals surface area contributed by atoms with Gasteiger partial charge >= 0.3 is 0 Å². The number of amides is 1. The molecule has 1 amide bonds. The van der Waals surface area contributed by atoms with Crippen molar-refractivity contribution >= 4 is 22.4 Å². The summed E-state index contributed by atoms with van der Waals surface area (Å²) in [5, 5.41) is 11.8. The molecular formula is C15H17N3O3S. The van der Waals surface area contributed by atoms with Gasteiger partial charge in [0.1, 0.15) is 17.4 Å². The lowest BCUT2D eigenvalue weighted by Gasteiger charge is -2.12. The fourth-order valence-electron chi connectivity index (χ4n) is 2.21. The first-order valence-corrected chi connectivity index (χ1v) is 7.98. The smallest absolute Gasteiger partial charge is 0.257 e. The van der Waals surface area contributed by atoms with Crippen LogP contribution in [0.4, 0.5) is 5.13 Å². The lowest BCUT2D eigenvalue weighted by Crippen LogP contribution is -2.17. The van der Waals surface area contributed by atoms with E-state index in [0.717, 1.165) is 24.5 Å². The number of anilines is 1. The van der Waals surface area contributed by atoms with E-state index in [0.29, 0.717) is 23.1 Å². The Kier molecular flexibility index (Phi) is 4.65. The van der Waals surface area contributed by atoms with Gasteiger partial charge in [-0.2, -0.15) is 0 Å². The molecule has 22 heavy (non-hydrogen) atoms. The van der Waals surface area contributed by atoms with Crippen molar-refractivity contribution in [3.05, 3.63) is 34.8 Å². The van der Waals surface area contributed by atoms with Gasteiger partial charge in [-0.15, -0.1) is 10.2 Å². The zero-order chi connectivity index (χ0) is 15.4. The van der Waals surface area contributed by atoms with Crippen LogP contribution in [0, 0.1) is 6.92 Å². The van der Waals surface area contributed by atoms with Crippen molar-refractivity contribution in [2.24, 2.45) is 0 Å². The number of benzene rings is 1. The fourth-order valence-corrected chi connectivity index (χ4v) is 2.80. The maximum Gasteiger partial charge on any atom is 0.257 e. The Labute approximate surface area is 132 Å². The number of nitrogens with zero attached hydrogens (tertiary/aromatic N) is 2. The summed E-state index contributed by atoms with van der Waals surface area (Å²) in [5.41, 5.74) is 0.526. The first-order valence-electron chi connectivity index (χ1n) is 7.16. The van der Waals surface area contributed by atoms with Gasteiger partial charge in [-0.25, -0.2) is 0 Å². The number of nitrogens with one attached hydrogen (secondary N) is 1. The Hall–Kier alpha value is -1.99. The van der Waals surface area contributed by atoms with Gasteiger partial charge in [0.05, 0.1) is 6.10 Å². The van der Waals surface area contributed by atoms with Crippen LogP contribution in [0.2, 0.25) is 0 Å². The van der Waals surface area contributed by atoms with E-state index in [1.165, 1.54) is 11.3 Å². The van der Waals surface area contributed by atoms with Gasteiger partial charge in [-0.3, -0.25) is 10.1 Å². The summed E-state index contributed by atoms with van der Waals surface area (Å²) in [4.78, 5) is 12.2. The minimum absolute atomic E-state index is 0.154. The number of ether oxygens (including phenoxy) is 2. The molecule has 1 aliphatic heterocycles. The summed E-state index contributed by atoms with van der Waals surface area (Å²) in [7, 11) is 0. The standard InChI is InChI=1S/C15H17N3O3S/c1-10-17-18-15(22-10)16-14(19)11-4-2-5-12(8-11)21-9-13-6-3-7-20-13/h2,4-5,8,13H,3,6-7,9H2,1H3,(H,16,18,19). The molecule has 6 nitrogen and oxygen atoms in total. The lowest BCUT2D eigenvalue weighted by atomic mass is 10.2. The number of aromatic nitrogens is 2. The molecule has 1 aromatic carbocycles. The number of hydrogen-bond donors (Lipinski definition) is 1. The number of hydrogen-bond acceptors (Lipinski definition) is 6. The Balaban J connectivity index is 1.61. The van der Waals surface area contributed by atoms with Gasteiger partial charge < -0.3 is 9.47 Å². The molecule has 7 heteroatoms. The number of aryl methyl sites for hydroxylation is 1. The van der Waals surface area contributed by atoms with Crippen molar-refractivity contribution in [3.8, 4) is 5.75 Å². The molecule has 0 spiro atoms. The average Bonchev–Trinajstić information content (AvgIpc) is 3.17. The minimum atomic E-state index is -0.223. The van der Waals surface area contributed by atoms with Crippen LogP contribution in [0.25, 0.3) is 0 Å². The van der Waals surface area contributed by atoms with E-state index in [9.17, 15) is 4.79 Å². The highest BCUT2D eigenvalue weighted by Gasteiger charge is 2.16. The molecule has 1 N–H and O–H groups in total. The van der Waals surface area contributed by atoms with Crippen LogP contribution in [0.1, 0.15) is 28.2 Å². The van der Waals surface area contributed by atoms with Crippen LogP contribution in [0.5, 0.6) is 5.75 Å². The molecule has 1 fully saturated rings. The van der Waals surface area contributed by atoms with Gasteiger partial charge in [0.25, 0.3) is 5.91 Å². The monoisotopic (exact) mass is 319 g/mol. The lowest BCUT2D eigenvalue weighted by molar-refractivity contribution is 0.0679. The summed E-state index contributed by atoms with van der Waals surface area (Å²) in [6.07, 6.45) is 2.26. The van der Waals surface area contributed by atoms with Crippen molar-refractivity contribution in [1.29, 1.82) is 0 Å². The van der Waals surface area contributed by atoms with Crippen molar-refractivity contribution in [2.45, 2.75) is 25.9 Å².